The summed E-state index contributed by atoms with van der Waals surface area (Å²) in [6.45, 7) is 5.03. The molecule has 0 saturated carbocycles. The molecule has 0 fully saturated rings. The first kappa shape index (κ1) is 29.2. The Hall–Kier alpha value is -3.99. The van der Waals surface area contributed by atoms with E-state index in [0.717, 1.165) is 0 Å². The first-order chi connectivity index (χ1) is 17.6. The molecule has 11 heteroatoms. The van der Waals surface area contributed by atoms with E-state index in [2.05, 4.69) is 20.6 Å². The molecule has 0 aliphatic heterocycles. The molecular formula is C26H37N7O4. The van der Waals surface area contributed by atoms with Crippen LogP contribution in [0.2, 0.25) is 0 Å². The van der Waals surface area contributed by atoms with Crippen molar-refractivity contribution in [3.8, 4) is 5.75 Å². The van der Waals surface area contributed by atoms with Gasteiger partial charge < -0.3 is 30.9 Å². The van der Waals surface area contributed by atoms with Crippen molar-refractivity contribution in [2.45, 2.75) is 32.7 Å². The van der Waals surface area contributed by atoms with Crippen molar-refractivity contribution in [3.05, 3.63) is 54.0 Å². The third-order valence-corrected chi connectivity index (χ3v) is 5.44. The van der Waals surface area contributed by atoms with Gasteiger partial charge in [-0.25, -0.2) is 9.97 Å². The second kappa shape index (κ2) is 14.5. The summed E-state index contributed by atoms with van der Waals surface area (Å²) >= 11 is 0. The lowest BCUT2D eigenvalue weighted by atomic mass is 10.2. The molecule has 0 bridgehead atoms. The Kier molecular flexibility index (Phi) is 11.5. The van der Waals surface area contributed by atoms with E-state index in [4.69, 9.17) is 10.5 Å². The minimum absolute atomic E-state index is 0.0765. The molecule has 1 atom stereocenters. The van der Waals surface area contributed by atoms with Gasteiger partial charge in [0.05, 0.1) is 18.5 Å². The normalized spacial score (nSPS) is 11.8. The summed E-state index contributed by atoms with van der Waals surface area (Å²) < 4.78 is 5.79. The SMILES string of the molecule is CCc1cnc(Nc2cccc(OCCCNC(=O)[C@H](C)N(C)C(=O)/C=C/CN(C)C)c2)c(C(N)=O)n1. The summed E-state index contributed by atoms with van der Waals surface area (Å²) in [4.78, 5) is 48.3. The smallest absolute Gasteiger partial charge is 0.271 e. The topological polar surface area (TPSA) is 143 Å². The lowest BCUT2D eigenvalue weighted by Crippen LogP contribution is -2.45. The van der Waals surface area contributed by atoms with Crippen LogP contribution in [0.15, 0.2) is 42.6 Å². The van der Waals surface area contributed by atoms with E-state index in [-0.39, 0.29) is 23.3 Å². The number of rotatable bonds is 14. The number of aryl methyl sites for hydroxylation is 1. The largest absolute Gasteiger partial charge is 0.493 e. The number of carbonyl (C=O) groups excluding carboxylic acids is 3. The van der Waals surface area contributed by atoms with Gasteiger partial charge in [0.2, 0.25) is 11.8 Å². The molecule has 3 amide bonds. The molecule has 0 radical (unpaired) electrons. The minimum atomic E-state index is -0.662. The highest BCUT2D eigenvalue weighted by Gasteiger charge is 2.20. The number of benzene rings is 1. The Morgan fingerprint density at radius 1 is 1.22 bits per heavy atom. The molecular weight excluding hydrogens is 474 g/mol. The zero-order valence-electron chi connectivity index (χ0n) is 22.2. The van der Waals surface area contributed by atoms with Gasteiger partial charge in [0, 0.05) is 38.0 Å². The number of nitrogens with one attached hydrogen (secondary N) is 2. The van der Waals surface area contributed by atoms with Gasteiger partial charge >= 0.3 is 0 Å². The van der Waals surface area contributed by atoms with E-state index >= 15 is 0 Å². The molecule has 1 aromatic carbocycles. The number of amides is 3. The number of nitrogens with two attached hydrogens (primary N) is 1. The third kappa shape index (κ3) is 9.53. The van der Waals surface area contributed by atoms with E-state index in [9.17, 15) is 14.4 Å². The second-order valence-corrected chi connectivity index (χ2v) is 8.71. The predicted octanol–water partition coefficient (Wildman–Crippen LogP) is 1.73. The Morgan fingerprint density at radius 3 is 2.65 bits per heavy atom. The molecule has 11 nitrogen and oxygen atoms in total. The van der Waals surface area contributed by atoms with Crippen molar-refractivity contribution in [1.82, 2.24) is 25.1 Å². The summed E-state index contributed by atoms with van der Waals surface area (Å²) in [5.74, 6) is -0.237. The Morgan fingerprint density at radius 2 is 1.97 bits per heavy atom. The van der Waals surface area contributed by atoms with E-state index in [1.54, 1.807) is 44.4 Å². The molecule has 0 aliphatic carbocycles. The Labute approximate surface area is 218 Å². The summed E-state index contributed by atoms with van der Waals surface area (Å²) in [6.07, 6.45) is 6.05. The van der Waals surface area contributed by atoms with Crippen LogP contribution in [0, 0.1) is 0 Å². The van der Waals surface area contributed by atoms with Crippen molar-refractivity contribution in [3.63, 3.8) is 0 Å². The molecule has 2 aromatic rings. The van der Waals surface area contributed by atoms with Crippen molar-refractivity contribution >= 4 is 29.2 Å². The number of nitrogens with zero attached hydrogens (tertiary/aromatic N) is 4. The molecule has 2 rings (SSSR count). The Bertz CT molecular complexity index is 1100. The van der Waals surface area contributed by atoms with Crippen LogP contribution >= 0.6 is 0 Å². The van der Waals surface area contributed by atoms with E-state index < -0.39 is 11.9 Å². The molecule has 1 aromatic heterocycles. The minimum Gasteiger partial charge on any atom is -0.493 e. The maximum absolute atomic E-state index is 12.4. The summed E-state index contributed by atoms with van der Waals surface area (Å²) in [7, 11) is 5.43. The molecule has 0 saturated heterocycles. The Balaban J connectivity index is 1.81. The third-order valence-electron chi connectivity index (χ3n) is 5.44. The van der Waals surface area contributed by atoms with Crippen molar-refractivity contribution in [2.24, 2.45) is 5.73 Å². The van der Waals surface area contributed by atoms with Crippen LogP contribution in [0.1, 0.15) is 36.5 Å². The second-order valence-electron chi connectivity index (χ2n) is 8.71. The number of aromatic nitrogens is 2. The van der Waals surface area contributed by atoms with Crippen LogP contribution in [0.4, 0.5) is 11.5 Å². The number of likely N-dealkylation sites (N-methyl/N-ethyl adjacent to an activating group) is 2. The lowest BCUT2D eigenvalue weighted by Gasteiger charge is -2.23. The van der Waals surface area contributed by atoms with E-state index in [1.165, 1.54) is 11.0 Å². The number of hydrogen-bond acceptors (Lipinski definition) is 8. The van der Waals surface area contributed by atoms with Gasteiger partial charge in [-0.3, -0.25) is 14.4 Å². The van der Waals surface area contributed by atoms with Gasteiger partial charge in [-0.2, -0.15) is 0 Å². The average molecular weight is 512 g/mol. The quantitative estimate of drug-likeness (QED) is 0.257. The fourth-order valence-electron chi connectivity index (χ4n) is 3.13. The standard InChI is InChI=1S/C26H37N7O4/c1-6-19-17-29-25(23(30-19)24(27)35)31-20-10-7-11-21(16-20)37-15-9-13-28-26(36)18(2)33(5)22(34)12-8-14-32(3)4/h7-8,10-12,16-18H,6,9,13-15H2,1-5H3,(H2,27,35)(H,28,36)(H,29,31)/b12-8+/t18-/m0/s1. The number of carbonyl (C=O) groups is 3. The highest BCUT2D eigenvalue weighted by molar-refractivity contribution is 5.96. The van der Waals surface area contributed by atoms with Gasteiger partial charge in [0.15, 0.2) is 11.5 Å². The van der Waals surface area contributed by atoms with Crippen LogP contribution in [-0.2, 0) is 16.0 Å². The van der Waals surface area contributed by atoms with E-state index in [0.29, 0.717) is 49.7 Å². The van der Waals surface area contributed by atoms with Gasteiger partial charge in [-0.1, -0.05) is 19.1 Å². The number of primary amides is 1. The number of ether oxygens (including phenoxy) is 1. The molecule has 37 heavy (non-hydrogen) atoms. The van der Waals surface area contributed by atoms with Gasteiger partial charge in [0.25, 0.3) is 5.91 Å². The van der Waals surface area contributed by atoms with Crippen LogP contribution in [-0.4, -0.2) is 84.4 Å². The first-order valence-electron chi connectivity index (χ1n) is 12.1. The molecule has 200 valence electrons. The van der Waals surface area contributed by atoms with Crippen LogP contribution in [0.25, 0.3) is 0 Å². The lowest BCUT2D eigenvalue weighted by molar-refractivity contribution is -0.135. The van der Waals surface area contributed by atoms with Crippen LogP contribution in [0.3, 0.4) is 0 Å². The molecule has 4 N–H and O–H groups in total. The van der Waals surface area contributed by atoms with Crippen LogP contribution in [0.5, 0.6) is 5.75 Å². The molecule has 0 aliphatic rings. The van der Waals surface area contributed by atoms with Gasteiger partial charge in [-0.05, 0) is 46.0 Å². The maximum atomic E-state index is 12.4. The fraction of sp³-hybridized carbons (Fsp3) is 0.423. The summed E-state index contributed by atoms with van der Waals surface area (Å²) in [5.41, 5.74) is 6.87. The molecule has 0 spiro atoms. The monoisotopic (exact) mass is 511 g/mol. The van der Waals surface area contributed by atoms with Crippen LogP contribution < -0.4 is 21.1 Å². The van der Waals surface area contributed by atoms with Crippen molar-refractivity contribution in [2.75, 3.05) is 46.2 Å². The number of hydrogen-bond donors (Lipinski definition) is 3. The predicted molar refractivity (Wildman–Crippen MR) is 143 cm³/mol. The zero-order valence-corrected chi connectivity index (χ0v) is 22.2. The zero-order chi connectivity index (χ0) is 27.4. The molecule has 0 unspecified atom stereocenters. The summed E-state index contributed by atoms with van der Waals surface area (Å²) in [5, 5.41) is 5.89. The van der Waals surface area contributed by atoms with Crippen molar-refractivity contribution in [1.29, 1.82) is 0 Å². The van der Waals surface area contributed by atoms with E-state index in [1.807, 2.05) is 32.0 Å². The maximum Gasteiger partial charge on any atom is 0.271 e. The van der Waals surface area contributed by atoms with Gasteiger partial charge in [-0.15, -0.1) is 0 Å². The average Bonchev–Trinajstić information content (AvgIpc) is 2.87. The first-order valence-corrected chi connectivity index (χ1v) is 12.1. The highest BCUT2D eigenvalue weighted by Crippen LogP contribution is 2.22. The van der Waals surface area contributed by atoms with Gasteiger partial charge in [0.1, 0.15) is 11.8 Å². The number of anilines is 2. The highest BCUT2D eigenvalue weighted by atomic mass is 16.5. The molecule has 1 heterocycles. The fourth-order valence-corrected chi connectivity index (χ4v) is 3.13. The summed E-state index contributed by atoms with van der Waals surface area (Å²) in [6, 6.07) is 6.59. The van der Waals surface area contributed by atoms with Crippen molar-refractivity contribution < 1.29 is 19.1 Å².